The van der Waals surface area contributed by atoms with E-state index in [2.05, 4.69) is 12.2 Å². The summed E-state index contributed by atoms with van der Waals surface area (Å²) < 4.78 is 0. The molecule has 2 fully saturated rings. The largest absolute Gasteiger partial charge is 0.366 e. The van der Waals surface area contributed by atoms with Crippen LogP contribution in [-0.4, -0.2) is 72.4 Å². The minimum absolute atomic E-state index is 0.0147. The van der Waals surface area contributed by atoms with Gasteiger partial charge in [0.2, 0.25) is 5.91 Å². The number of nitro benzene ring substituents is 1. The molecular weight excluding hydrogens is 446 g/mol. The van der Waals surface area contributed by atoms with Gasteiger partial charge < -0.3 is 15.1 Å². The van der Waals surface area contributed by atoms with Gasteiger partial charge in [0.25, 0.3) is 11.6 Å². The number of nitro groups is 1. The smallest absolute Gasteiger partial charge is 0.293 e. The van der Waals surface area contributed by atoms with E-state index in [-0.39, 0.29) is 24.0 Å². The molecule has 0 aliphatic carbocycles. The fourth-order valence-corrected chi connectivity index (χ4v) is 4.67. The molecule has 2 amide bonds. The summed E-state index contributed by atoms with van der Waals surface area (Å²) in [6.45, 7) is 6.66. The van der Waals surface area contributed by atoms with Crippen molar-refractivity contribution in [2.75, 3.05) is 50.7 Å². The summed E-state index contributed by atoms with van der Waals surface area (Å²) in [5.41, 5.74) is 1.95. The van der Waals surface area contributed by atoms with Crippen molar-refractivity contribution in [2.24, 2.45) is 5.92 Å². The number of nitrogens with one attached hydrogen (secondary N) is 1. The van der Waals surface area contributed by atoms with E-state index >= 15 is 0 Å². The molecule has 2 saturated heterocycles. The number of carbonyl (C=O) groups excluding carboxylic acids is 2. The minimum atomic E-state index is -0.393. The van der Waals surface area contributed by atoms with Gasteiger partial charge in [0.15, 0.2) is 0 Å². The molecule has 0 radical (unpaired) electrons. The van der Waals surface area contributed by atoms with Crippen molar-refractivity contribution in [2.45, 2.75) is 26.3 Å². The third kappa shape index (κ3) is 6.36. The van der Waals surface area contributed by atoms with Crippen LogP contribution in [0.3, 0.4) is 0 Å². The van der Waals surface area contributed by atoms with Gasteiger partial charge in [0.1, 0.15) is 5.69 Å². The summed E-state index contributed by atoms with van der Waals surface area (Å²) in [5.74, 6) is 0.367. The van der Waals surface area contributed by atoms with Crippen molar-refractivity contribution >= 4 is 23.2 Å². The monoisotopic (exact) mass is 479 g/mol. The molecule has 2 aromatic carbocycles. The van der Waals surface area contributed by atoms with E-state index in [1.807, 2.05) is 40.1 Å². The second-order valence-electron chi connectivity index (χ2n) is 9.46. The molecule has 0 bridgehead atoms. The summed E-state index contributed by atoms with van der Waals surface area (Å²) in [4.78, 5) is 42.6. The Morgan fingerprint density at radius 1 is 1.00 bits per heavy atom. The van der Waals surface area contributed by atoms with Crippen LogP contribution in [0, 0.1) is 16.0 Å². The van der Waals surface area contributed by atoms with Gasteiger partial charge in [-0.3, -0.25) is 24.6 Å². The quantitative estimate of drug-likeness (QED) is 0.484. The first-order chi connectivity index (χ1) is 16.9. The van der Waals surface area contributed by atoms with Crippen LogP contribution in [0.4, 0.5) is 11.4 Å². The zero-order chi connectivity index (χ0) is 24.8. The summed E-state index contributed by atoms with van der Waals surface area (Å²) in [5, 5.41) is 14.7. The molecule has 2 aromatic rings. The maximum absolute atomic E-state index is 13.1. The summed E-state index contributed by atoms with van der Waals surface area (Å²) in [6, 6.07) is 14.6. The van der Waals surface area contributed by atoms with Crippen molar-refractivity contribution in [1.82, 2.24) is 15.1 Å². The van der Waals surface area contributed by atoms with Crippen LogP contribution < -0.4 is 10.2 Å². The predicted octanol–water partition coefficient (Wildman–Crippen LogP) is 2.91. The third-order valence-corrected chi connectivity index (χ3v) is 6.90. The lowest BCUT2D eigenvalue weighted by Crippen LogP contribution is -2.51. The lowest BCUT2D eigenvalue weighted by atomic mass is 9.98. The molecule has 0 atom stereocenters. The van der Waals surface area contributed by atoms with Crippen LogP contribution in [-0.2, 0) is 11.3 Å². The van der Waals surface area contributed by atoms with Crippen molar-refractivity contribution in [3.63, 3.8) is 0 Å². The Morgan fingerprint density at radius 3 is 2.34 bits per heavy atom. The van der Waals surface area contributed by atoms with Crippen LogP contribution in [0.25, 0.3) is 0 Å². The summed E-state index contributed by atoms with van der Waals surface area (Å²) >= 11 is 0. The normalized spacial score (nSPS) is 17.3. The van der Waals surface area contributed by atoms with Gasteiger partial charge >= 0.3 is 0 Å². The Bertz CT molecular complexity index is 1040. The topological polar surface area (TPSA) is 99.0 Å². The minimum Gasteiger partial charge on any atom is -0.366 e. The maximum Gasteiger partial charge on any atom is 0.293 e. The SMILES string of the molecule is CC1CCN(c2ccc(C(=O)N3CCN(CC(=O)NCc4ccccc4)CC3)cc2[N+](=O)[O-])CC1. The highest BCUT2D eigenvalue weighted by molar-refractivity contribution is 5.96. The maximum atomic E-state index is 13.1. The van der Waals surface area contributed by atoms with Gasteiger partial charge in [-0.25, -0.2) is 0 Å². The number of piperidine rings is 1. The van der Waals surface area contributed by atoms with E-state index in [1.54, 1.807) is 17.0 Å². The van der Waals surface area contributed by atoms with Crippen LogP contribution in [0.2, 0.25) is 0 Å². The second-order valence-corrected chi connectivity index (χ2v) is 9.46. The van der Waals surface area contributed by atoms with E-state index < -0.39 is 4.92 Å². The number of piperazine rings is 1. The van der Waals surface area contributed by atoms with Gasteiger partial charge in [-0.1, -0.05) is 37.3 Å². The number of hydrogen-bond acceptors (Lipinski definition) is 6. The summed E-state index contributed by atoms with van der Waals surface area (Å²) in [6.07, 6.45) is 2.01. The highest BCUT2D eigenvalue weighted by atomic mass is 16.6. The first-order valence-corrected chi connectivity index (χ1v) is 12.3. The van der Waals surface area contributed by atoms with E-state index in [4.69, 9.17) is 0 Å². The number of anilines is 1. The van der Waals surface area contributed by atoms with Gasteiger partial charge in [-0.15, -0.1) is 0 Å². The fourth-order valence-electron chi connectivity index (χ4n) is 4.67. The number of carbonyl (C=O) groups is 2. The summed E-state index contributed by atoms with van der Waals surface area (Å²) in [7, 11) is 0. The molecule has 1 N–H and O–H groups in total. The Balaban J connectivity index is 1.31. The van der Waals surface area contributed by atoms with E-state index in [1.165, 1.54) is 6.07 Å². The predicted molar refractivity (Wildman–Crippen MR) is 134 cm³/mol. The van der Waals surface area contributed by atoms with Crippen molar-refractivity contribution in [1.29, 1.82) is 0 Å². The Morgan fingerprint density at radius 2 is 1.69 bits per heavy atom. The third-order valence-electron chi connectivity index (χ3n) is 6.90. The van der Waals surface area contributed by atoms with E-state index in [0.717, 1.165) is 31.5 Å². The van der Waals surface area contributed by atoms with Gasteiger partial charge in [0, 0.05) is 57.4 Å². The van der Waals surface area contributed by atoms with Crippen molar-refractivity contribution in [3.05, 3.63) is 69.8 Å². The van der Waals surface area contributed by atoms with Crippen LogP contribution in [0.15, 0.2) is 48.5 Å². The van der Waals surface area contributed by atoms with Crippen LogP contribution in [0.1, 0.15) is 35.7 Å². The van der Waals surface area contributed by atoms with Gasteiger partial charge in [-0.2, -0.15) is 0 Å². The Labute approximate surface area is 205 Å². The molecule has 4 rings (SSSR count). The fraction of sp³-hybridized carbons (Fsp3) is 0.462. The molecule has 35 heavy (non-hydrogen) atoms. The molecule has 9 nitrogen and oxygen atoms in total. The number of amides is 2. The molecule has 2 heterocycles. The molecular formula is C26H33N5O4. The number of nitrogens with zero attached hydrogens (tertiary/aromatic N) is 4. The van der Waals surface area contributed by atoms with Crippen molar-refractivity contribution in [3.8, 4) is 0 Å². The van der Waals surface area contributed by atoms with Gasteiger partial charge in [0.05, 0.1) is 11.5 Å². The number of rotatable bonds is 7. The zero-order valence-corrected chi connectivity index (χ0v) is 20.2. The standard InChI is InChI=1S/C26H33N5O4/c1-20-9-11-29(12-10-20)23-8-7-22(17-24(23)31(34)35)26(33)30-15-13-28(14-16-30)19-25(32)27-18-21-5-3-2-4-6-21/h2-8,17,20H,9-16,18-19H2,1H3,(H,27,32). The average Bonchev–Trinajstić information content (AvgIpc) is 2.88. The van der Waals surface area contributed by atoms with E-state index in [9.17, 15) is 19.7 Å². The number of hydrogen-bond donors (Lipinski definition) is 1. The highest BCUT2D eigenvalue weighted by Gasteiger charge is 2.28. The van der Waals surface area contributed by atoms with Gasteiger partial charge in [-0.05, 0) is 36.5 Å². The average molecular weight is 480 g/mol. The lowest BCUT2D eigenvalue weighted by molar-refractivity contribution is -0.384. The second kappa shape index (κ2) is 11.3. The molecule has 0 aromatic heterocycles. The highest BCUT2D eigenvalue weighted by Crippen LogP contribution is 2.32. The van der Waals surface area contributed by atoms with Crippen molar-refractivity contribution < 1.29 is 14.5 Å². The molecule has 9 heteroatoms. The molecule has 2 aliphatic rings. The Hall–Kier alpha value is -3.46. The van der Waals surface area contributed by atoms with E-state index in [0.29, 0.717) is 49.9 Å². The molecule has 2 aliphatic heterocycles. The first kappa shape index (κ1) is 24.7. The van der Waals surface area contributed by atoms with Crippen LogP contribution in [0.5, 0.6) is 0 Å². The molecule has 0 spiro atoms. The zero-order valence-electron chi connectivity index (χ0n) is 20.2. The molecule has 186 valence electrons. The first-order valence-electron chi connectivity index (χ1n) is 12.3. The Kier molecular flexibility index (Phi) is 7.97. The molecule has 0 unspecified atom stereocenters. The van der Waals surface area contributed by atoms with Crippen LogP contribution >= 0.6 is 0 Å². The lowest BCUT2D eigenvalue weighted by Gasteiger charge is -2.34. The number of benzene rings is 2. The molecule has 0 saturated carbocycles.